The standard InChI is InChI=1S/C13H20BrNO2S/c1-4-8-15(9-5-2)18(16,17)13-7-6-11(3)10-12(13)14/h6-7,10H,4-5,8-9H2,1-3H3. The Morgan fingerprint density at radius 3 is 2.17 bits per heavy atom. The molecule has 0 aliphatic carbocycles. The molecule has 0 unspecified atom stereocenters. The van der Waals surface area contributed by atoms with Crippen LogP contribution < -0.4 is 0 Å². The molecule has 3 nitrogen and oxygen atoms in total. The maximum absolute atomic E-state index is 12.5. The zero-order valence-corrected chi connectivity index (χ0v) is 13.5. The predicted molar refractivity (Wildman–Crippen MR) is 78.2 cm³/mol. The van der Waals surface area contributed by atoms with Crippen molar-refractivity contribution in [3.8, 4) is 0 Å². The maximum Gasteiger partial charge on any atom is 0.244 e. The van der Waals surface area contributed by atoms with E-state index in [0.29, 0.717) is 22.5 Å². The van der Waals surface area contributed by atoms with Crippen LogP contribution >= 0.6 is 15.9 Å². The van der Waals surface area contributed by atoms with Crippen LogP contribution in [-0.4, -0.2) is 25.8 Å². The van der Waals surface area contributed by atoms with Crippen LogP contribution in [0.3, 0.4) is 0 Å². The van der Waals surface area contributed by atoms with Gasteiger partial charge in [-0.15, -0.1) is 0 Å². The number of aryl methyl sites for hydroxylation is 1. The van der Waals surface area contributed by atoms with Crippen molar-refractivity contribution in [1.29, 1.82) is 0 Å². The minimum absolute atomic E-state index is 0.356. The minimum Gasteiger partial charge on any atom is -0.207 e. The second-order valence-electron chi connectivity index (χ2n) is 4.34. The van der Waals surface area contributed by atoms with Crippen LogP contribution in [0.5, 0.6) is 0 Å². The summed E-state index contributed by atoms with van der Waals surface area (Å²) in [6, 6.07) is 5.34. The van der Waals surface area contributed by atoms with Gasteiger partial charge in [-0.1, -0.05) is 19.9 Å². The minimum atomic E-state index is -3.39. The molecule has 0 aromatic heterocycles. The molecule has 0 heterocycles. The van der Waals surface area contributed by atoms with Crippen molar-refractivity contribution in [2.75, 3.05) is 13.1 Å². The lowest BCUT2D eigenvalue weighted by Crippen LogP contribution is -2.32. The molecule has 0 amide bonds. The molecule has 0 atom stereocenters. The Bertz CT molecular complexity index is 494. The van der Waals surface area contributed by atoms with Crippen molar-refractivity contribution < 1.29 is 8.42 Å². The topological polar surface area (TPSA) is 37.4 Å². The summed E-state index contributed by atoms with van der Waals surface area (Å²) in [5, 5.41) is 0. The zero-order chi connectivity index (χ0) is 13.8. The summed E-state index contributed by atoms with van der Waals surface area (Å²) >= 11 is 3.35. The third kappa shape index (κ3) is 3.56. The first-order valence-electron chi connectivity index (χ1n) is 6.19. The van der Waals surface area contributed by atoms with Gasteiger partial charge in [0.25, 0.3) is 0 Å². The summed E-state index contributed by atoms with van der Waals surface area (Å²) in [5.74, 6) is 0. The number of sulfonamides is 1. The Labute approximate surface area is 118 Å². The Morgan fingerprint density at radius 1 is 1.17 bits per heavy atom. The molecule has 1 rings (SSSR count). The van der Waals surface area contributed by atoms with Crippen LogP contribution in [0.4, 0.5) is 0 Å². The van der Waals surface area contributed by atoms with Crippen LogP contribution in [0.15, 0.2) is 27.6 Å². The van der Waals surface area contributed by atoms with E-state index in [9.17, 15) is 8.42 Å². The lowest BCUT2D eigenvalue weighted by Gasteiger charge is -2.21. The van der Waals surface area contributed by atoms with Gasteiger partial charge in [0.1, 0.15) is 0 Å². The highest BCUT2D eigenvalue weighted by atomic mass is 79.9. The fraction of sp³-hybridized carbons (Fsp3) is 0.538. The Kier molecular flexibility index (Phi) is 5.82. The predicted octanol–water partition coefficient (Wildman–Crippen LogP) is 3.57. The molecule has 0 saturated heterocycles. The van der Waals surface area contributed by atoms with E-state index in [-0.39, 0.29) is 0 Å². The quantitative estimate of drug-likeness (QED) is 0.798. The van der Waals surface area contributed by atoms with Gasteiger partial charge in [0.2, 0.25) is 10.0 Å². The maximum atomic E-state index is 12.5. The summed E-state index contributed by atoms with van der Waals surface area (Å²) in [7, 11) is -3.39. The van der Waals surface area contributed by atoms with E-state index in [2.05, 4.69) is 15.9 Å². The van der Waals surface area contributed by atoms with Gasteiger partial charge in [-0.05, 0) is 53.4 Å². The van der Waals surface area contributed by atoms with Crippen molar-refractivity contribution in [3.05, 3.63) is 28.2 Å². The van der Waals surface area contributed by atoms with Crippen LogP contribution in [-0.2, 0) is 10.0 Å². The molecule has 0 saturated carbocycles. The number of halogens is 1. The molecule has 18 heavy (non-hydrogen) atoms. The van der Waals surface area contributed by atoms with Crippen molar-refractivity contribution in [1.82, 2.24) is 4.31 Å². The largest absolute Gasteiger partial charge is 0.244 e. The Balaban J connectivity index is 3.17. The lowest BCUT2D eigenvalue weighted by molar-refractivity contribution is 0.409. The molecule has 1 aromatic rings. The van der Waals surface area contributed by atoms with Gasteiger partial charge in [-0.2, -0.15) is 4.31 Å². The highest BCUT2D eigenvalue weighted by Crippen LogP contribution is 2.26. The van der Waals surface area contributed by atoms with Gasteiger partial charge < -0.3 is 0 Å². The molecule has 102 valence electrons. The van der Waals surface area contributed by atoms with Crippen molar-refractivity contribution in [2.45, 2.75) is 38.5 Å². The number of benzene rings is 1. The Hall–Kier alpha value is -0.390. The monoisotopic (exact) mass is 333 g/mol. The first-order valence-corrected chi connectivity index (χ1v) is 8.43. The van der Waals surface area contributed by atoms with Gasteiger partial charge in [0.05, 0.1) is 4.90 Å². The normalized spacial score (nSPS) is 12.1. The van der Waals surface area contributed by atoms with Gasteiger partial charge in [0, 0.05) is 17.6 Å². The van der Waals surface area contributed by atoms with Crippen molar-refractivity contribution >= 4 is 26.0 Å². The molecular weight excluding hydrogens is 314 g/mol. The number of rotatable bonds is 6. The molecule has 5 heteroatoms. The molecule has 0 aliphatic heterocycles. The van der Waals surface area contributed by atoms with Crippen molar-refractivity contribution in [3.63, 3.8) is 0 Å². The van der Waals surface area contributed by atoms with E-state index in [4.69, 9.17) is 0 Å². The first kappa shape index (κ1) is 15.7. The summed E-state index contributed by atoms with van der Waals surface area (Å²) in [6.45, 7) is 7.05. The Morgan fingerprint density at radius 2 is 1.72 bits per heavy atom. The molecule has 0 radical (unpaired) electrons. The van der Waals surface area contributed by atoms with E-state index >= 15 is 0 Å². The van der Waals surface area contributed by atoms with Crippen LogP contribution in [0.25, 0.3) is 0 Å². The fourth-order valence-electron chi connectivity index (χ4n) is 1.81. The average Bonchev–Trinajstić information content (AvgIpc) is 2.28. The lowest BCUT2D eigenvalue weighted by atomic mass is 10.2. The fourth-order valence-corrected chi connectivity index (χ4v) is 4.58. The SMILES string of the molecule is CCCN(CCC)S(=O)(=O)c1ccc(C)cc1Br. The third-order valence-electron chi connectivity index (χ3n) is 2.65. The highest BCUT2D eigenvalue weighted by molar-refractivity contribution is 9.10. The molecule has 1 aromatic carbocycles. The summed E-state index contributed by atoms with van der Waals surface area (Å²) in [4.78, 5) is 0.356. The van der Waals surface area contributed by atoms with Gasteiger partial charge in [-0.25, -0.2) is 8.42 Å². The smallest absolute Gasteiger partial charge is 0.207 e. The molecule has 0 spiro atoms. The molecular formula is C13H20BrNO2S. The number of nitrogens with zero attached hydrogens (tertiary/aromatic N) is 1. The van der Waals surface area contributed by atoms with E-state index in [1.54, 1.807) is 10.4 Å². The zero-order valence-electron chi connectivity index (χ0n) is 11.1. The number of hydrogen-bond donors (Lipinski definition) is 0. The van der Waals surface area contributed by atoms with E-state index < -0.39 is 10.0 Å². The first-order chi connectivity index (χ1) is 8.43. The third-order valence-corrected chi connectivity index (χ3v) is 5.53. The van der Waals surface area contributed by atoms with Gasteiger partial charge in [0.15, 0.2) is 0 Å². The van der Waals surface area contributed by atoms with E-state index in [1.807, 2.05) is 32.9 Å². The second kappa shape index (κ2) is 6.68. The van der Waals surface area contributed by atoms with Crippen LogP contribution in [0, 0.1) is 6.92 Å². The van der Waals surface area contributed by atoms with Gasteiger partial charge in [-0.3, -0.25) is 0 Å². The summed E-state index contributed by atoms with van der Waals surface area (Å²) in [6.07, 6.45) is 1.64. The van der Waals surface area contributed by atoms with E-state index in [1.165, 1.54) is 0 Å². The van der Waals surface area contributed by atoms with Crippen molar-refractivity contribution in [2.24, 2.45) is 0 Å². The molecule has 0 N–H and O–H groups in total. The summed E-state index contributed by atoms with van der Waals surface area (Å²) < 4.78 is 27.3. The van der Waals surface area contributed by atoms with Crippen LogP contribution in [0.1, 0.15) is 32.3 Å². The molecule has 0 fully saturated rings. The average molecular weight is 334 g/mol. The molecule has 0 bridgehead atoms. The highest BCUT2D eigenvalue weighted by Gasteiger charge is 2.25. The number of hydrogen-bond acceptors (Lipinski definition) is 2. The van der Waals surface area contributed by atoms with E-state index in [0.717, 1.165) is 18.4 Å². The van der Waals surface area contributed by atoms with Crippen LogP contribution in [0.2, 0.25) is 0 Å². The second-order valence-corrected chi connectivity index (χ2v) is 7.10. The summed E-state index contributed by atoms with van der Waals surface area (Å²) in [5.41, 5.74) is 1.04. The van der Waals surface area contributed by atoms with Gasteiger partial charge >= 0.3 is 0 Å². The molecule has 0 aliphatic rings.